The molecule has 1 N–H and O–H groups in total. The second-order valence-electron chi connectivity index (χ2n) is 11.0. The van der Waals surface area contributed by atoms with Crippen molar-refractivity contribution in [3.63, 3.8) is 0 Å². The van der Waals surface area contributed by atoms with Crippen molar-refractivity contribution in [3.05, 3.63) is 65.0 Å². The highest BCUT2D eigenvalue weighted by molar-refractivity contribution is 5.86. The fourth-order valence-corrected chi connectivity index (χ4v) is 6.14. The second kappa shape index (κ2) is 9.16. The lowest BCUT2D eigenvalue weighted by molar-refractivity contribution is -0.228. The zero-order chi connectivity index (χ0) is 28.4. The van der Waals surface area contributed by atoms with Crippen LogP contribution in [0.15, 0.2) is 42.5 Å². The Hall–Kier alpha value is -3.24. The minimum atomic E-state index is -5.15. The quantitative estimate of drug-likeness (QED) is 0.485. The number of carbonyl (C=O) groups is 2. The molecule has 0 aromatic heterocycles. The number of carboxylic acids is 1. The number of carboxylic acid groups (broad SMARTS) is 1. The van der Waals surface area contributed by atoms with Crippen LogP contribution in [0, 0.1) is 11.7 Å². The van der Waals surface area contributed by atoms with Crippen LogP contribution >= 0.6 is 0 Å². The smallest absolute Gasteiger partial charge is 0.426 e. The molecule has 5 rings (SSSR count). The van der Waals surface area contributed by atoms with Gasteiger partial charge in [0.25, 0.3) is 5.91 Å². The molecular formula is C28H27F6NO4. The topological polar surface area (TPSA) is 66.8 Å². The Morgan fingerprint density at radius 3 is 2.31 bits per heavy atom. The number of fused-ring (bicyclic) bond motifs is 3. The summed E-state index contributed by atoms with van der Waals surface area (Å²) >= 11 is 0. The number of aliphatic carboxylic acids is 1. The number of benzene rings is 2. The van der Waals surface area contributed by atoms with Crippen LogP contribution in [-0.2, 0) is 27.1 Å². The Bertz CT molecular complexity index is 1290. The van der Waals surface area contributed by atoms with E-state index in [-0.39, 0.29) is 50.9 Å². The van der Waals surface area contributed by atoms with Crippen LogP contribution in [-0.4, -0.2) is 52.9 Å². The summed E-state index contributed by atoms with van der Waals surface area (Å²) in [5.41, 5.74) is -6.37. The van der Waals surface area contributed by atoms with Crippen molar-refractivity contribution < 1.29 is 45.8 Å². The lowest BCUT2D eigenvalue weighted by Crippen LogP contribution is -2.49. The SMILES string of the molecule is CC(F)(c1ccc2c(c1)OC1CN(C(=O)[C@]3(F)CC[C@@H](C(=O)O)CC3)CC21Cc1ccc(F)cc1)C(F)(F)F. The lowest BCUT2D eigenvalue weighted by Gasteiger charge is -2.35. The van der Waals surface area contributed by atoms with E-state index < -0.39 is 58.2 Å². The first kappa shape index (κ1) is 27.3. The number of carbonyl (C=O) groups excluding carboxylic acids is 1. The number of amides is 1. The van der Waals surface area contributed by atoms with Crippen molar-refractivity contribution >= 4 is 11.9 Å². The van der Waals surface area contributed by atoms with Crippen LogP contribution in [0.2, 0.25) is 0 Å². The molecule has 1 saturated carbocycles. The van der Waals surface area contributed by atoms with E-state index in [2.05, 4.69) is 0 Å². The first-order valence-corrected chi connectivity index (χ1v) is 12.7. The Labute approximate surface area is 220 Å². The third-order valence-electron chi connectivity index (χ3n) is 8.57. The van der Waals surface area contributed by atoms with Gasteiger partial charge in [0.1, 0.15) is 17.7 Å². The summed E-state index contributed by atoms with van der Waals surface area (Å²) in [7, 11) is 0. The van der Waals surface area contributed by atoms with Gasteiger partial charge >= 0.3 is 12.1 Å². The molecule has 11 heteroatoms. The van der Waals surface area contributed by atoms with E-state index in [0.717, 1.165) is 12.1 Å². The fraction of sp³-hybridized carbons (Fsp3) is 0.500. The molecule has 5 nitrogen and oxygen atoms in total. The van der Waals surface area contributed by atoms with Crippen LogP contribution in [0.1, 0.15) is 49.3 Å². The number of ether oxygens (including phenoxy) is 1. The van der Waals surface area contributed by atoms with E-state index in [4.69, 9.17) is 4.74 Å². The minimum Gasteiger partial charge on any atom is -0.487 e. The molecule has 2 fully saturated rings. The lowest BCUT2D eigenvalue weighted by atomic mass is 9.74. The molecule has 2 aromatic carbocycles. The summed E-state index contributed by atoms with van der Waals surface area (Å²) in [6.45, 7) is 0.337. The first-order valence-electron chi connectivity index (χ1n) is 12.7. The predicted molar refractivity (Wildman–Crippen MR) is 127 cm³/mol. The number of halogens is 6. The van der Waals surface area contributed by atoms with E-state index in [1.807, 2.05) is 0 Å². The first-order chi connectivity index (χ1) is 18.2. The van der Waals surface area contributed by atoms with Crippen molar-refractivity contribution in [1.29, 1.82) is 0 Å². The Kier molecular flexibility index (Phi) is 6.42. The molecule has 3 unspecified atom stereocenters. The fourth-order valence-electron chi connectivity index (χ4n) is 6.14. The minimum absolute atomic E-state index is 0.0267. The van der Waals surface area contributed by atoms with Gasteiger partial charge in [-0.05, 0) is 62.8 Å². The molecular weight excluding hydrogens is 528 g/mol. The van der Waals surface area contributed by atoms with Crippen molar-refractivity contribution in [3.8, 4) is 5.75 Å². The molecule has 3 atom stereocenters. The van der Waals surface area contributed by atoms with E-state index in [1.54, 1.807) is 12.1 Å². The number of rotatable bonds is 5. The van der Waals surface area contributed by atoms with Crippen LogP contribution in [0.25, 0.3) is 0 Å². The van der Waals surface area contributed by atoms with Gasteiger partial charge in [0, 0.05) is 17.7 Å². The van der Waals surface area contributed by atoms with Crippen molar-refractivity contribution in [2.45, 2.75) is 68.1 Å². The molecule has 39 heavy (non-hydrogen) atoms. The van der Waals surface area contributed by atoms with Gasteiger partial charge in [0.15, 0.2) is 5.67 Å². The summed E-state index contributed by atoms with van der Waals surface area (Å²) in [6, 6.07) is 9.02. The van der Waals surface area contributed by atoms with Gasteiger partial charge in [-0.3, -0.25) is 9.59 Å². The largest absolute Gasteiger partial charge is 0.487 e. The third-order valence-corrected chi connectivity index (χ3v) is 8.57. The van der Waals surface area contributed by atoms with Gasteiger partial charge in [-0.25, -0.2) is 13.2 Å². The maximum absolute atomic E-state index is 15.8. The van der Waals surface area contributed by atoms with Crippen molar-refractivity contribution in [2.24, 2.45) is 5.92 Å². The number of alkyl halides is 5. The van der Waals surface area contributed by atoms with E-state index in [0.29, 0.717) is 18.1 Å². The molecule has 210 valence electrons. The van der Waals surface area contributed by atoms with E-state index in [9.17, 15) is 36.6 Å². The maximum Gasteiger partial charge on any atom is 0.426 e. The third kappa shape index (κ3) is 4.53. The molecule has 0 radical (unpaired) electrons. The number of nitrogens with zero attached hydrogens (tertiary/aromatic N) is 1. The monoisotopic (exact) mass is 555 g/mol. The van der Waals surface area contributed by atoms with Gasteiger partial charge in [0.05, 0.1) is 17.9 Å². The zero-order valence-corrected chi connectivity index (χ0v) is 21.0. The Morgan fingerprint density at radius 1 is 1.08 bits per heavy atom. The van der Waals surface area contributed by atoms with Gasteiger partial charge in [-0.15, -0.1) is 0 Å². The van der Waals surface area contributed by atoms with Gasteiger partial charge in [-0.2, -0.15) is 13.2 Å². The van der Waals surface area contributed by atoms with E-state index in [1.165, 1.54) is 23.1 Å². The number of hydrogen-bond acceptors (Lipinski definition) is 3. The zero-order valence-electron chi connectivity index (χ0n) is 21.0. The molecule has 0 spiro atoms. The predicted octanol–water partition coefficient (Wildman–Crippen LogP) is 5.64. The number of likely N-dealkylation sites (tertiary alicyclic amines) is 1. The molecule has 3 aliphatic rings. The van der Waals surface area contributed by atoms with Crippen LogP contribution in [0.5, 0.6) is 5.75 Å². The standard InChI is InChI=1S/C28H27F6NO4/c1-25(30,28(32,33)34)18-4-7-20-21(12-18)39-22-14-35(15-26(20,22)13-16-2-5-19(29)6-3-16)24(38)27(31)10-8-17(9-11-27)23(36)37/h2-7,12,17,22H,8-11,13-15H2,1H3,(H,36,37)/t17-,22?,25?,26?,27+. The normalized spacial score (nSPS) is 29.8. The molecule has 2 heterocycles. The highest BCUT2D eigenvalue weighted by Gasteiger charge is 2.59. The molecule has 2 aliphatic heterocycles. The van der Waals surface area contributed by atoms with Crippen molar-refractivity contribution in [1.82, 2.24) is 4.90 Å². The van der Waals surface area contributed by atoms with Crippen LogP contribution < -0.4 is 4.74 Å². The average Bonchev–Trinajstić information content (AvgIpc) is 3.36. The highest BCUT2D eigenvalue weighted by atomic mass is 19.4. The Balaban J connectivity index is 1.48. The van der Waals surface area contributed by atoms with Crippen molar-refractivity contribution in [2.75, 3.05) is 13.1 Å². The Morgan fingerprint density at radius 2 is 1.72 bits per heavy atom. The maximum atomic E-state index is 15.8. The second-order valence-corrected chi connectivity index (χ2v) is 11.0. The molecule has 1 amide bonds. The summed E-state index contributed by atoms with van der Waals surface area (Å²) in [4.78, 5) is 26.0. The average molecular weight is 556 g/mol. The molecule has 2 aromatic rings. The summed E-state index contributed by atoms with van der Waals surface area (Å²) in [5, 5.41) is 9.22. The summed E-state index contributed by atoms with van der Waals surface area (Å²) in [5.74, 6) is -2.94. The molecule has 1 aliphatic carbocycles. The summed E-state index contributed by atoms with van der Waals surface area (Å²) in [6.07, 6.45) is -6.13. The van der Waals surface area contributed by atoms with Gasteiger partial charge < -0.3 is 14.7 Å². The summed E-state index contributed by atoms with van der Waals surface area (Å²) < 4.78 is 90.2. The van der Waals surface area contributed by atoms with E-state index >= 15 is 4.39 Å². The van der Waals surface area contributed by atoms with Crippen LogP contribution in [0.4, 0.5) is 26.3 Å². The molecule has 1 saturated heterocycles. The van der Waals surface area contributed by atoms with Gasteiger partial charge in [0.2, 0.25) is 5.67 Å². The number of hydrogen-bond donors (Lipinski definition) is 1. The van der Waals surface area contributed by atoms with Gasteiger partial charge in [-0.1, -0.05) is 24.3 Å². The molecule has 0 bridgehead atoms. The van der Waals surface area contributed by atoms with Crippen LogP contribution in [0.3, 0.4) is 0 Å². The highest BCUT2D eigenvalue weighted by Crippen LogP contribution is 2.52.